The van der Waals surface area contributed by atoms with Crippen molar-refractivity contribution in [3.63, 3.8) is 0 Å². The largest absolute Gasteiger partial charge is 0.632 e. The Kier molecular flexibility index (Phi) is 1.06. The molecule has 0 spiro atoms. The fraction of sp³-hybridized carbons (Fsp3) is 1.00. The molecule has 9 heavy (non-hydrogen) atoms. The lowest BCUT2D eigenvalue weighted by atomic mass is 10.2. The van der Waals surface area contributed by atoms with Crippen molar-refractivity contribution in [1.82, 2.24) is 0 Å². The van der Waals surface area contributed by atoms with E-state index in [1.54, 1.807) is 4.90 Å². The highest BCUT2D eigenvalue weighted by Gasteiger charge is 2.34. The number of fused-ring (bicyclic) bond motifs is 3. The lowest BCUT2D eigenvalue weighted by molar-refractivity contribution is -1.05. The van der Waals surface area contributed by atoms with Crippen LogP contribution in [0.25, 0.3) is 0 Å². The molecule has 3 heteroatoms. The summed E-state index contributed by atoms with van der Waals surface area (Å²) >= 11 is 0. The maximum Gasteiger partial charge on any atom is 0.128 e. The Morgan fingerprint density at radius 1 is 1.00 bits per heavy atom. The van der Waals surface area contributed by atoms with Crippen LogP contribution in [-0.2, 0) is 0 Å². The number of hydroxylamine groups is 3. The number of piperazine rings is 3. The molecule has 0 unspecified atom stereocenters. The quantitative estimate of drug-likeness (QED) is 0.304. The Morgan fingerprint density at radius 2 is 1.44 bits per heavy atom. The van der Waals surface area contributed by atoms with Gasteiger partial charge in [0.05, 0.1) is 0 Å². The topological polar surface area (TPSA) is 27.5 Å². The molecule has 3 heterocycles. The van der Waals surface area contributed by atoms with E-state index in [0.717, 1.165) is 39.3 Å². The fourth-order valence-corrected chi connectivity index (χ4v) is 1.80. The Morgan fingerprint density at radius 3 is 1.67 bits per heavy atom. The molecule has 3 aliphatic heterocycles. The summed E-state index contributed by atoms with van der Waals surface area (Å²) in [6, 6.07) is 0. The molecule has 0 saturated carbocycles. The standard InChI is InChI=1S/C6H12N2O/c9-8-4-1-7(2-5-8)3-6-8/h1-6H2/p+1. The van der Waals surface area contributed by atoms with E-state index in [0.29, 0.717) is 0 Å². The lowest BCUT2D eigenvalue weighted by Crippen LogP contribution is -3.19. The molecule has 0 aromatic rings. The Bertz CT molecular complexity index is 104. The molecule has 0 aromatic heterocycles. The molecule has 0 radical (unpaired) electrons. The lowest BCUT2D eigenvalue weighted by Gasteiger charge is -2.51. The van der Waals surface area contributed by atoms with Crippen LogP contribution in [0.5, 0.6) is 0 Å². The molecule has 3 rings (SSSR count). The van der Waals surface area contributed by atoms with Crippen molar-refractivity contribution in [2.24, 2.45) is 0 Å². The van der Waals surface area contributed by atoms with Crippen molar-refractivity contribution in [1.29, 1.82) is 0 Å². The van der Waals surface area contributed by atoms with Gasteiger partial charge in [-0.1, -0.05) is 0 Å². The van der Waals surface area contributed by atoms with Crippen molar-refractivity contribution in [2.75, 3.05) is 39.3 Å². The fourth-order valence-electron chi connectivity index (χ4n) is 1.80. The maximum atomic E-state index is 11.5. The van der Waals surface area contributed by atoms with Gasteiger partial charge in [0.25, 0.3) is 0 Å². The predicted octanol–water partition coefficient (Wildman–Crippen LogP) is -1.79. The number of nitrogens with zero attached hydrogens (tertiary/aromatic N) is 1. The van der Waals surface area contributed by atoms with E-state index in [9.17, 15) is 5.21 Å². The van der Waals surface area contributed by atoms with Crippen LogP contribution in [0.4, 0.5) is 0 Å². The highest BCUT2D eigenvalue weighted by Crippen LogP contribution is 2.05. The van der Waals surface area contributed by atoms with E-state index in [1.807, 2.05) is 0 Å². The van der Waals surface area contributed by atoms with Crippen LogP contribution in [0.3, 0.4) is 0 Å². The summed E-state index contributed by atoms with van der Waals surface area (Å²) in [5.41, 5.74) is 0. The monoisotopic (exact) mass is 129 g/mol. The van der Waals surface area contributed by atoms with Gasteiger partial charge in [0.2, 0.25) is 0 Å². The van der Waals surface area contributed by atoms with Gasteiger partial charge in [-0.15, -0.1) is 0 Å². The first-order valence-corrected chi connectivity index (χ1v) is 3.69. The van der Waals surface area contributed by atoms with Crippen molar-refractivity contribution in [3.8, 4) is 0 Å². The number of nitrogens with one attached hydrogen (secondary N) is 1. The molecule has 52 valence electrons. The number of hydrogen-bond donors (Lipinski definition) is 1. The Balaban J connectivity index is 2.11. The third-order valence-electron chi connectivity index (χ3n) is 2.62. The molecule has 0 aromatic carbocycles. The van der Waals surface area contributed by atoms with Gasteiger partial charge in [-0.25, -0.2) is 0 Å². The van der Waals surface area contributed by atoms with Crippen LogP contribution in [0.2, 0.25) is 0 Å². The Hall–Kier alpha value is -0.120. The van der Waals surface area contributed by atoms with Gasteiger partial charge in [0, 0.05) is 0 Å². The molecule has 1 N–H and O–H groups in total. The third-order valence-corrected chi connectivity index (χ3v) is 2.62. The van der Waals surface area contributed by atoms with Crippen molar-refractivity contribution in [2.45, 2.75) is 0 Å². The van der Waals surface area contributed by atoms with Gasteiger partial charge in [0.15, 0.2) is 0 Å². The normalized spacial score (nSPS) is 49.7. The number of quaternary nitrogens is 2. The average molecular weight is 129 g/mol. The summed E-state index contributed by atoms with van der Waals surface area (Å²) in [4.78, 5) is 1.64. The van der Waals surface area contributed by atoms with Crippen molar-refractivity contribution in [3.05, 3.63) is 5.21 Å². The van der Waals surface area contributed by atoms with Gasteiger partial charge < -0.3 is 14.8 Å². The zero-order chi connectivity index (χ0) is 6.32. The zero-order valence-corrected chi connectivity index (χ0v) is 5.60. The van der Waals surface area contributed by atoms with E-state index >= 15 is 0 Å². The van der Waals surface area contributed by atoms with E-state index in [1.165, 1.54) is 0 Å². The van der Waals surface area contributed by atoms with E-state index in [4.69, 9.17) is 0 Å². The van der Waals surface area contributed by atoms with Crippen LogP contribution >= 0.6 is 0 Å². The molecule has 3 saturated heterocycles. The van der Waals surface area contributed by atoms with Crippen molar-refractivity contribution >= 4 is 0 Å². The van der Waals surface area contributed by atoms with Crippen LogP contribution in [0, 0.1) is 5.21 Å². The molecular formula is C6H13N2O+. The first-order valence-electron chi connectivity index (χ1n) is 3.69. The second kappa shape index (κ2) is 1.68. The minimum atomic E-state index is 0.115. The molecule has 0 aliphatic carbocycles. The van der Waals surface area contributed by atoms with Gasteiger partial charge >= 0.3 is 0 Å². The average Bonchev–Trinajstić information content (AvgIpc) is 1.90. The zero-order valence-electron chi connectivity index (χ0n) is 5.60. The van der Waals surface area contributed by atoms with E-state index in [2.05, 4.69) is 0 Å². The summed E-state index contributed by atoms with van der Waals surface area (Å²) in [5.74, 6) is 0. The second-order valence-corrected chi connectivity index (χ2v) is 3.23. The summed E-state index contributed by atoms with van der Waals surface area (Å²) in [5, 5.41) is 11.5. The minimum Gasteiger partial charge on any atom is -0.632 e. The number of rotatable bonds is 0. The van der Waals surface area contributed by atoms with Crippen LogP contribution in [0.15, 0.2) is 0 Å². The van der Waals surface area contributed by atoms with Crippen LogP contribution < -0.4 is 4.90 Å². The first-order chi connectivity index (χ1) is 4.29. The highest BCUT2D eigenvalue weighted by molar-refractivity contribution is 4.54. The molecule has 3 nitrogen and oxygen atoms in total. The SMILES string of the molecule is [O-][N+]12CC[NH+](CC1)CC2. The van der Waals surface area contributed by atoms with E-state index in [-0.39, 0.29) is 4.65 Å². The van der Waals surface area contributed by atoms with Gasteiger partial charge in [-0.3, -0.25) is 0 Å². The first kappa shape index (κ1) is 5.65. The van der Waals surface area contributed by atoms with Crippen LogP contribution in [0.1, 0.15) is 0 Å². The van der Waals surface area contributed by atoms with Gasteiger partial charge in [-0.2, -0.15) is 0 Å². The van der Waals surface area contributed by atoms with Crippen molar-refractivity contribution < 1.29 is 9.55 Å². The van der Waals surface area contributed by atoms with Gasteiger partial charge in [-0.05, 0) is 0 Å². The number of hydrogen-bond acceptors (Lipinski definition) is 1. The highest BCUT2D eigenvalue weighted by atomic mass is 16.5. The molecule has 0 amide bonds. The maximum absolute atomic E-state index is 11.5. The molecular weight excluding hydrogens is 116 g/mol. The Labute approximate surface area is 55.0 Å². The van der Waals surface area contributed by atoms with Gasteiger partial charge in [0.1, 0.15) is 39.3 Å². The third kappa shape index (κ3) is 0.852. The molecule has 2 bridgehead atoms. The molecule has 3 fully saturated rings. The smallest absolute Gasteiger partial charge is 0.128 e. The second-order valence-electron chi connectivity index (χ2n) is 3.23. The molecule has 3 aliphatic rings. The summed E-state index contributed by atoms with van der Waals surface area (Å²) < 4.78 is 0.115. The van der Waals surface area contributed by atoms with Crippen LogP contribution in [-0.4, -0.2) is 43.9 Å². The van der Waals surface area contributed by atoms with E-state index < -0.39 is 0 Å². The predicted molar refractivity (Wildman–Crippen MR) is 33.8 cm³/mol. The summed E-state index contributed by atoms with van der Waals surface area (Å²) in [6.45, 7) is 5.95. The minimum absolute atomic E-state index is 0.115. The molecule has 0 atom stereocenters. The summed E-state index contributed by atoms with van der Waals surface area (Å²) in [7, 11) is 0. The summed E-state index contributed by atoms with van der Waals surface area (Å²) in [6.07, 6.45) is 0.